The number of pyridine rings is 2. The van der Waals surface area contributed by atoms with Crippen molar-refractivity contribution in [2.45, 2.75) is 18.9 Å². The van der Waals surface area contributed by atoms with E-state index < -0.39 is 18.8 Å². The maximum atomic E-state index is 9.47. The van der Waals surface area contributed by atoms with Crippen LogP contribution in [-0.2, 0) is 5.54 Å². The highest BCUT2D eigenvalue weighted by Gasteiger charge is 2.30. The molecule has 0 fully saturated rings. The minimum absolute atomic E-state index is 0.219. The molecular weight excluding hydrogens is 426 g/mol. The molecule has 4 heterocycles. The van der Waals surface area contributed by atoms with Crippen LogP contribution < -0.4 is 10.5 Å². The van der Waals surface area contributed by atoms with Gasteiger partial charge in [-0.25, -0.2) is 9.97 Å². The van der Waals surface area contributed by atoms with Gasteiger partial charge in [0, 0.05) is 23.3 Å². The zero-order valence-corrected chi connectivity index (χ0v) is 17.3. The smallest absolute Gasteiger partial charge is 0.259 e. The van der Waals surface area contributed by atoms with Crippen LogP contribution in [0.25, 0.3) is 33.9 Å². The summed E-state index contributed by atoms with van der Waals surface area (Å²) in [5, 5.41) is 23.9. The molecule has 4 aromatic heterocycles. The zero-order chi connectivity index (χ0) is 22.0. The number of aliphatic hydroxyl groups is 2. The third-order valence-electron chi connectivity index (χ3n) is 4.61. The highest BCUT2D eigenvalue weighted by molar-refractivity contribution is 6.32. The Morgan fingerprint density at radius 1 is 1.13 bits per heavy atom. The van der Waals surface area contributed by atoms with Gasteiger partial charge in [-0.15, -0.1) is 0 Å². The molecule has 0 saturated heterocycles. The van der Waals surface area contributed by atoms with Gasteiger partial charge in [0.15, 0.2) is 0 Å². The predicted octanol–water partition coefficient (Wildman–Crippen LogP) is 2.52. The van der Waals surface area contributed by atoms with Gasteiger partial charge in [-0.1, -0.05) is 23.7 Å². The molecule has 0 atom stereocenters. The normalized spacial score (nSPS) is 11.9. The molecule has 0 amide bonds. The van der Waals surface area contributed by atoms with E-state index in [1.54, 1.807) is 24.4 Å². The third-order valence-corrected chi connectivity index (χ3v) is 4.88. The van der Waals surface area contributed by atoms with E-state index in [1.165, 1.54) is 6.20 Å². The van der Waals surface area contributed by atoms with Gasteiger partial charge in [-0.2, -0.15) is 4.98 Å². The van der Waals surface area contributed by atoms with Gasteiger partial charge in [0.1, 0.15) is 16.3 Å². The lowest BCUT2D eigenvalue weighted by molar-refractivity contribution is 0.105. The van der Waals surface area contributed by atoms with Crippen LogP contribution in [0.2, 0.25) is 5.02 Å². The number of nitrogens with two attached hydrogens (primary N) is 1. The Kier molecular flexibility index (Phi) is 5.88. The molecule has 4 rings (SSSR count). The van der Waals surface area contributed by atoms with E-state index in [-0.39, 0.29) is 11.7 Å². The molecule has 4 N–H and O–H groups in total. The van der Waals surface area contributed by atoms with Crippen molar-refractivity contribution in [3.05, 3.63) is 41.4 Å². The lowest BCUT2D eigenvalue weighted by Crippen LogP contribution is -2.43. The van der Waals surface area contributed by atoms with Gasteiger partial charge >= 0.3 is 0 Å². The molecule has 0 unspecified atom stereocenters. The summed E-state index contributed by atoms with van der Waals surface area (Å²) in [5.41, 5.74) is 5.99. The summed E-state index contributed by atoms with van der Waals surface area (Å²) in [6.07, 6.45) is 3.91. The van der Waals surface area contributed by atoms with Crippen LogP contribution in [-0.4, -0.2) is 50.1 Å². The molecule has 31 heavy (non-hydrogen) atoms. The molecule has 0 spiro atoms. The Hall–Kier alpha value is -3.05. The molecule has 11 heteroatoms. The van der Waals surface area contributed by atoms with Crippen LogP contribution >= 0.6 is 11.6 Å². The van der Waals surface area contributed by atoms with Crippen molar-refractivity contribution >= 4 is 22.7 Å². The number of aromatic nitrogens is 4. The van der Waals surface area contributed by atoms with Crippen LogP contribution in [0.15, 0.2) is 39.5 Å². The summed E-state index contributed by atoms with van der Waals surface area (Å²) in [7, 11) is 0. The van der Waals surface area contributed by atoms with Crippen LogP contribution in [0.4, 0.5) is 0 Å². The fraction of sp³-hybridized carbons (Fsp3) is 0.300. The van der Waals surface area contributed by atoms with Gasteiger partial charge in [-0.3, -0.25) is 0 Å². The molecule has 10 nitrogen and oxygen atoms in total. The largest absolute Gasteiger partial charge is 0.477 e. The summed E-state index contributed by atoms with van der Waals surface area (Å²) in [6.45, 7) is 1.54. The molecule has 162 valence electrons. The Morgan fingerprint density at radius 3 is 2.61 bits per heavy atom. The van der Waals surface area contributed by atoms with Gasteiger partial charge in [-0.05, 0) is 24.6 Å². The minimum Gasteiger partial charge on any atom is -0.477 e. The molecule has 0 aliphatic rings. The van der Waals surface area contributed by atoms with E-state index >= 15 is 0 Å². The first-order chi connectivity index (χ1) is 15.0. The first-order valence-electron chi connectivity index (χ1n) is 9.51. The Morgan fingerprint density at radius 2 is 1.90 bits per heavy atom. The topological polar surface area (TPSA) is 154 Å². The Balaban J connectivity index is 1.62. The predicted molar refractivity (Wildman–Crippen MR) is 111 cm³/mol. The number of halogens is 1. The average Bonchev–Trinajstić information content (AvgIpc) is 3.45. The second kappa shape index (κ2) is 8.60. The zero-order valence-electron chi connectivity index (χ0n) is 16.6. The fourth-order valence-corrected chi connectivity index (χ4v) is 3.03. The molecular formula is C20H20ClN5O5. The Bertz CT molecular complexity index is 1200. The SMILES string of the molecule is CCCOc1ncc(-c2nc(-c3cnc4oc(C(N)(CO)CO)cc4c3)no2)cc1Cl. The standard InChI is InChI=1S/C20H20ClN5O5/c1-2-3-29-19-14(21)5-13(8-24-19)18-25-16(26-31-18)12-4-11-6-15(20(22,9-27)10-28)30-17(11)23-7-12/h4-8,27-28H,2-3,9-10,22H2,1H3. The van der Waals surface area contributed by atoms with E-state index in [0.29, 0.717) is 45.6 Å². The van der Waals surface area contributed by atoms with E-state index in [0.717, 1.165) is 6.42 Å². The number of fused-ring (bicyclic) bond motifs is 1. The van der Waals surface area contributed by atoms with Crippen molar-refractivity contribution in [1.82, 2.24) is 20.1 Å². The van der Waals surface area contributed by atoms with E-state index in [4.69, 9.17) is 31.0 Å². The maximum absolute atomic E-state index is 9.47. The van der Waals surface area contributed by atoms with E-state index in [9.17, 15) is 10.2 Å². The Labute approximate surface area is 181 Å². The van der Waals surface area contributed by atoms with Crippen molar-refractivity contribution in [2.75, 3.05) is 19.8 Å². The first-order valence-corrected chi connectivity index (χ1v) is 9.88. The number of rotatable bonds is 8. The number of ether oxygens (including phenoxy) is 1. The average molecular weight is 446 g/mol. The lowest BCUT2D eigenvalue weighted by Gasteiger charge is -2.21. The van der Waals surface area contributed by atoms with Crippen LogP contribution in [0, 0.1) is 0 Å². The number of aliphatic hydroxyl groups excluding tert-OH is 2. The summed E-state index contributed by atoms with van der Waals surface area (Å²) in [5.74, 6) is 1.11. The second-order valence-corrected chi connectivity index (χ2v) is 7.39. The second-order valence-electron chi connectivity index (χ2n) is 6.98. The quantitative estimate of drug-likeness (QED) is 0.368. The number of furan rings is 1. The molecule has 0 radical (unpaired) electrons. The van der Waals surface area contributed by atoms with Crippen molar-refractivity contribution in [3.8, 4) is 28.7 Å². The van der Waals surface area contributed by atoms with Crippen molar-refractivity contribution in [2.24, 2.45) is 5.73 Å². The van der Waals surface area contributed by atoms with Crippen molar-refractivity contribution in [1.29, 1.82) is 0 Å². The maximum Gasteiger partial charge on any atom is 0.259 e. The first kappa shape index (κ1) is 21.2. The number of hydrogen-bond acceptors (Lipinski definition) is 10. The number of hydrogen-bond donors (Lipinski definition) is 3. The van der Waals surface area contributed by atoms with E-state index in [2.05, 4.69) is 20.1 Å². The third kappa shape index (κ3) is 4.10. The lowest BCUT2D eigenvalue weighted by atomic mass is 10.00. The molecule has 0 bridgehead atoms. The highest BCUT2D eigenvalue weighted by Crippen LogP contribution is 2.30. The van der Waals surface area contributed by atoms with E-state index in [1.807, 2.05) is 6.92 Å². The molecule has 0 aliphatic carbocycles. The minimum atomic E-state index is -1.40. The summed E-state index contributed by atoms with van der Waals surface area (Å²) in [4.78, 5) is 12.8. The van der Waals surface area contributed by atoms with Gasteiger partial charge in [0.2, 0.25) is 17.4 Å². The van der Waals surface area contributed by atoms with Gasteiger partial charge in [0.25, 0.3) is 5.89 Å². The molecule has 0 aliphatic heterocycles. The highest BCUT2D eigenvalue weighted by atomic mass is 35.5. The van der Waals surface area contributed by atoms with Crippen LogP contribution in [0.1, 0.15) is 19.1 Å². The summed E-state index contributed by atoms with van der Waals surface area (Å²) < 4.78 is 16.4. The van der Waals surface area contributed by atoms with Crippen molar-refractivity contribution in [3.63, 3.8) is 0 Å². The number of nitrogens with zero attached hydrogens (tertiary/aromatic N) is 4. The molecule has 4 aromatic rings. The van der Waals surface area contributed by atoms with Gasteiger partial charge in [0.05, 0.1) is 25.4 Å². The van der Waals surface area contributed by atoms with Crippen LogP contribution in [0.5, 0.6) is 5.88 Å². The van der Waals surface area contributed by atoms with Crippen molar-refractivity contribution < 1.29 is 23.9 Å². The fourth-order valence-electron chi connectivity index (χ4n) is 2.81. The van der Waals surface area contributed by atoms with Gasteiger partial charge < -0.3 is 29.6 Å². The summed E-state index contributed by atoms with van der Waals surface area (Å²) >= 11 is 6.22. The molecule has 0 aromatic carbocycles. The molecule has 0 saturated carbocycles. The summed E-state index contributed by atoms with van der Waals surface area (Å²) in [6, 6.07) is 5.00. The van der Waals surface area contributed by atoms with Crippen LogP contribution in [0.3, 0.4) is 0 Å². The monoisotopic (exact) mass is 445 g/mol.